The zero-order valence-electron chi connectivity index (χ0n) is 8.13. The summed E-state index contributed by atoms with van der Waals surface area (Å²) in [5, 5.41) is 10.8. The van der Waals surface area contributed by atoms with E-state index in [1.807, 2.05) is 25.1 Å². The van der Waals surface area contributed by atoms with Crippen molar-refractivity contribution in [2.45, 2.75) is 31.4 Å². The van der Waals surface area contributed by atoms with Crippen LogP contribution >= 0.6 is 11.6 Å². The van der Waals surface area contributed by atoms with Gasteiger partial charge in [0.25, 0.3) is 0 Å². The second-order valence-electron chi connectivity index (χ2n) is 4.16. The maximum absolute atomic E-state index is 10.1. The van der Waals surface area contributed by atoms with E-state index >= 15 is 0 Å². The first-order chi connectivity index (χ1) is 6.51. The second-order valence-corrected chi connectivity index (χ2v) is 4.57. The topological polar surface area (TPSA) is 46.2 Å². The molecule has 1 aromatic carbocycles. The van der Waals surface area contributed by atoms with Crippen LogP contribution in [0.5, 0.6) is 0 Å². The third kappa shape index (κ3) is 1.54. The van der Waals surface area contributed by atoms with Crippen LogP contribution in [-0.2, 0) is 5.60 Å². The van der Waals surface area contributed by atoms with Crippen molar-refractivity contribution in [1.29, 1.82) is 0 Å². The van der Waals surface area contributed by atoms with E-state index in [-0.39, 0.29) is 6.04 Å². The molecule has 0 spiro atoms. The molecule has 0 heterocycles. The van der Waals surface area contributed by atoms with Crippen LogP contribution in [-0.4, -0.2) is 11.1 Å². The van der Waals surface area contributed by atoms with Gasteiger partial charge in [0.1, 0.15) is 0 Å². The summed E-state index contributed by atoms with van der Waals surface area (Å²) in [5.74, 6) is 0. The molecule has 0 bridgehead atoms. The molecule has 3 heteroatoms. The van der Waals surface area contributed by atoms with Gasteiger partial charge < -0.3 is 10.8 Å². The number of aliphatic hydroxyl groups is 1. The van der Waals surface area contributed by atoms with Crippen molar-refractivity contribution >= 4 is 11.6 Å². The average Bonchev–Trinajstić information content (AvgIpc) is 2.07. The van der Waals surface area contributed by atoms with E-state index in [2.05, 4.69) is 0 Å². The summed E-state index contributed by atoms with van der Waals surface area (Å²) in [6.07, 6.45) is 1.26. The molecule has 1 saturated carbocycles. The molecule has 14 heavy (non-hydrogen) atoms. The summed E-state index contributed by atoms with van der Waals surface area (Å²) in [5.41, 5.74) is 6.84. The van der Waals surface area contributed by atoms with Crippen LogP contribution in [0.3, 0.4) is 0 Å². The minimum absolute atomic E-state index is 0.125. The van der Waals surface area contributed by atoms with E-state index < -0.39 is 5.60 Å². The van der Waals surface area contributed by atoms with Crippen LogP contribution in [0, 0.1) is 6.92 Å². The van der Waals surface area contributed by atoms with Gasteiger partial charge in [-0.1, -0.05) is 23.7 Å². The number of halogens is 1. The van der Waals surface area contributed by atoms with Crippen molar-refractivity contribution in [2.24, 2.45) is 5.73 Å². The highest BCUT2D eigenvalue weighted by Gasteiger charge is 2.42. The maximum atomic E-state index is 10.1. The van der Waals surface area contributed by atoms with Crippen molar-refractivity contribution in [3.63, 3.8) is 0 Å². The monoisotopic (exact) mass is 211 g/mol. The largest absolute Gasteiger partial charge is 0.385 e. The van der Waals surface area contributed by atoms with E-state index in [4.69, 9.17) is 17.3 Å². The summed E-state index contributed by atoms with van der Waals surface area (Å²) < 4.78 is 0. The molecule has 0 atom stereocenters. The number of benzene rings is 1. The standard InChI is InChI=1S/C11H14ClNO/c1-7-2-3-8(4-10(7)12)11(14)5-9(13)6-11/h2-4,9,14H,5-6,13H2,1H3. The first-order valence-electron chi connectivity index (χ1n) is 4.76. The molecule has 0 aliphatic heterocycles. The first-order valence-corrected chi connectivity index (χ1v) is 5.14. The maximum Gasteiger partial charge on any atom is 0.0926 e. The Bertz CT molecular complexity index is 358. The van der Waals surface area contributed by atoms with Gasteiger partial charge in [-0.2, -0.15) is 0 Å². The third-order valence-corrected chi connectivity index (χ3v) is 3.32. The highest BCUT2D eigenvalue weighted by atomic mass is 35.5. The number of hydrogen-bond acceptors (Lipinski definition) is 2. The zero-order valence-corrected chi connectivity index (χ0v) is 8.88. The second kappa shape index (κ2) is 3.23. The minimum Gasteiger partial charge on any atom is -0.385 e. The van der Waals surface area contributed by atoms with Crippen LogP contribution in [0.4, 0.5) is 0 Å². The van der Waals surface area contributed by atoms with E-state index in [0.717, 1.165) is 11.1 Å². The Morgan fingerprint density at radius 1 is 1.50 bits per heavy atom. The molecule has 0 aromatic heterocycles. The van der Waals surface area contributed by atoms with Crippen LogP contribution in [0.25, 0.3) is 0 Å². The SMILES string of the molecule is Cc1ccc(C2(O)CC(N)C2)cc1Cl. The molecule has 0 radical (unpaired) electrons. The molecular formula is C11H14ClNO. The van der Waals surface area contributed by atoms with E-state index in [1.165, 1.54) is 0 Å². The van der Waals surface area contributed by atoms with Gasteiger partial charge in [-0.25, -0.2) is 0 Å². The van der Waals surface area contributed by atoms with Crippen molar-refractivity contribution in [3.05, 3.63) is 34.3 Å². The minimum atomic E-state index is -0.739. The highest BCUT2D eigenvalue weighted by Crippen LogP contribution is 2.41. The van der Waals surface area contributed by atoms with Gasteiger partial charge in [0.15, 0.2) is 0 Å². The van der Waals surface area contributed by atoms with Crippen molar-refractivity contribution in [2.75, 3.05) is 0 Å². The Kier molecular flexibility index (Phi) is 2.30. The molecule has 2 rings (SSSR count). The lowest BCUT2D eigenvalue weighted by Crippen LogP contribution is -2.49. The summed E-state index contributed by atoms with van der Waals surface area (Å²) >= 11 is 5.99. The van der Waals surface area contributed by atoms with Gasteiger partial charge in [-0.05, 0) is 37.0 Å². The number of hydrogen-bond donors (Lipinski definition) is 2. The lowest BCUT2D eigenvalue weighted by molar-refractivity contribution is -0.0522. The quantitative estimate of drug-likeness (QED) is 0.746. The Hall–Kier alpha value is -0.570. The van der Waals surface area contributed by atoms with E-state index in [1.54, 1.807) is 0 Å². The summed E-state index contributed by atoms with van der Waals surface area (Å²) in [7, 11) is 0. The normalized spacial score (nSPS) is 31.3. The van der Waals surface area contributed by atoms with Crippen molar-refractivity contribution in [1.82, 2.24) is 0 Å². The van der Waals surface area contributed by atoms with Gasteiger partial charge in [0, 0.05) is 11.1 Å². The van der Waals surface area contributed by atoms with Crippen molar-refractivity contribution in [3.8, 4) is 0 Å². The summed E-state index contributed by atoms with van der Waals surface area (Å²) in [4.78, 5) is 0. The van der Waals surface area contributed by atoms with Crippen LogP contribution in [0.15, 0.2) is 18.2 Å². The molecule has 0 amide bonds. The lowest BCUT2D eigenvalue weighted by Gasteiger charge is -2.42. The Morgan fingerprint density at radius 3 is 2.64 bits per heavy atom. The van der Waals surface area contributed by atoms with Gasteiger partial charge in [-0.3, -0.25) is 0 Å². The third-order valence-electron chi connectivity index (χ3n) is 2.91. The molecule has 1 aromatic rings. The Balaban J connectivity index is 2.29. The van der Waals surface area contributed by atoms with Crippen molar-refractivity contribution < 1.29 is 5.11 Å². The first kappa shape index (κ1) is 9.97. The van der Waals surface area contributed by atoms with Gasteiger partial charge in [-0.15, -0.1) is 0 Å². The molecule has 1 fully saturated rings. The molecule has 0 saturated heterocycles. The van der Waals surface area contributed by atoms with Crippen LogP contribution < -0.4 is 5.73 Å². The molecule has 2 nitrogen and oxygen atoms in total. The van der Waals surface area contributed by atoms with E-state index in [9.17, 15) is 5.11 Å². The predicted octanol–water partition coefficient (Wildman–Crippen LogP) is 1.96. The Labute approximate surface area is 88.7 Å². The fourth-order valence-corrected chi connectivity index (χ4v) is 2.11. The van der Waals surface area contributed by atoms with E-state index in [0.29, 0.717) is 17.9 Å². The smallest absolute Gasteiger partial charge is 0.0926 e. The fraction of sp³-hybridized carbons (Fsp3) is 0.455. The summed E-state index contributed by atoms with van der Waals surface area (Å²) in [6.45, 7) is 1.95. The molecule has 3 N–H and O–H groups in total. The van der Waals surface area contributed by atoms with Gasteiger partial charge >= 0.3 is 0 Å². The fourth-order valence-electron chi connectivity index (χ4n) is 1.93. The summed E-state index contributed by atoms with van der Waals surface area (Å²) in [6, 6.07) is 5.81. The number of aryl methyl sites for hydroxylation is 1. The molecule has 76 valence electrons. The van der Waals surface area contributed by atoms with Crippen LogP contribution in [0.2, 0.25) is 5.02 Å². The number of rotatable bonds is 1. The molecule has 1 aliphatic rings. The molecule has 1 aliphatic carbocycles. The average molecular weight is 212 g/mol. The zero-order chi connectivity index (χ0) is 10.3. The Morgan fingerprint density at radius 2 is 2.14 bits per heavy atom. The number of nitrogens with two attached hydrogens (primary N) is 1. The lowest BCUT2D eigenvalue weighted by atomic mass is 9.72. The highest BCUT2D eigenvalue weighted by molar-refractivity contribution is 6.31. The molecular weight excluding hydrogens is 198 g/mol. The predicted molar refractivity (Wildman–Crippen MR) is 57.3 cm³/mol. The van der Waals surface area contributed by atoms with Gasteiger partial charge in [0.2, 0.25) is 0 Å². The van der Waals surface area contributed by atoms with Gasteiger partial charge in [0.05, 0.1) is 5.60 Å². The van der Waals surface area contributed by atoms with Crippen LogP contribution in [0.1, 0.15) is 24.0 Å². The molecule has 0 unspecified atom stereocenters.